The zero-order valence-electron chi connectivity index (χ0n) is 18.8. The summed E-state index contributed by atoms with van der Waals surface area (Å²) in [4.78, 5) is 28.9. The summed E-state index contributed by atoms with van der Waals surface area (Å²) in [5.74, 6) is -0.793. The van der Waals surface area contributed by atoms with Crippen molar-refractivity contribution in [1.29, 1.82) is 0 Å². The average Bonchev–Trinajstić information content (AvgIpc) is 3.56. The largest absolute Gasteiger partial charge is 0.379 e. The van der Waals surface area contributed by atoms with Crippen molar-refractivity contribution in [3.8, 4) is 11.1 Å². The molecule has 2 atom stereocenters. The molecule has 2 fully saturated rings. The number of hydrogen-bond acceptors (Lipinski definition) is 5. The van der Waals surface area contributed by atoms with E-state index in [2.05, 4.69) is 0 Å². The van der Waals surface area contributed by atoms with Crippen molar-refractivity contribution >= 4 is 11.8 Å². The second-order valence-corrected chi connectivity index (χ2v) is 9.37. The molecule has 1 saturated carbocycles. The number of nitrogens with two attached hydrogens (primary N) is 2. The molecule has 2 aromatic rings. The minimum Gasteiger partial charge on any atom is -0.379 e. The fourth-order valence-corrected chi connectivity index (χ4v) is 4.28. The molecular weight excluding hydrogens is 423 g/mol. The van der Waals surface area contributed by atoms with Gasteiger partial charge in [0.1, 0.15) is 12.0 Å². The van der Waals surface area contributed by atoms with Crippen LogP contribution in [0.3, 0.4) is 0 Å². The molecule has 1 aliphatic heterocycles. The Morgan fingerprint density at radius 1 is 1.03 bits per heavy atom. The maximum absolute atomic E-state index is 15.0. The van der Waals surface area contributed by atoms with Gasteiger partial charge in [0, 0.05) is 44.1 Å². The quantitative estimate of drug-likeness (QED) is 0.580. The number of rotatable bonds is 6. The van der Waals surface area contributed by atoms with Crippen LogP contribution in [0.5, 0.6) is 0 Å². The van der Waals surface area contributed by atoms with Gasteiger partial charge in [0.15, 0.2) is 0 Å². The standard InChI is InChI=1S/C25H31FN4O3/c1-25(7-8-25)24(33)30-11-9-29(10-12-30)23(32)19-6-5-17(14-20(19)26)16-3-2-4-18(13-16)21(27)15-22(28)31/h2-6,13-14,21-22,31H,7-12,15,27-28H2,1H3. The Labute approximate surface area is 193 Å². The number of aliphatic hydroxyl groups excluding tert-OH is 1. The first-order valence-electron chi connectivity index (χ1n) is 11.4. The molecule has 176 valence electrons. The van der Waals surface area contributed by atoms with Gasteiger partial charge in [-0.2, -0.15) is 0 Å². The van der Waals surface area contributed by atoms with Crippen molar-refractivity contribution in [2.24, 2.45) is 16.9 Å². The number of nitrogens with zero attached hydrogens (tertiary/aromatic N) is 2. The summed E-state index contributed by atoms with van der Waals surface area (Å²) >= 11 is 0. The van der Waals surface area contributed by atoms with Crippen LogP contribution in [0.2, 0.25) is 0 Å². The van der Waals surface area contributed by atoms with Gasteiger partial charge in [-0.25, -0.2) is 4.39 Å². The van der Waals surface area contributed by atoms with Crippen LogP contribution in [-0.2, 0) is 4.79 Å². The predicted octanol–water partition coefficient (Wildman–Crippen LogP) is 2.24. The van der Waals surface area contributed by atoms with Gasteiger partial charge >= 0.3 is 0 Å². The lowest BCUT2D eigenvalue weighted by molar-refractivity contribution is -0.137. The maximum atomic E-state index is 15.0. The van der Waals surface area contributed by atoms with E-state index in [0.717, 1.165) is 24.0 Å². The number of carbonyl (C=O) groups is 2. The first kappa shape index (κ1) is 23.4. The molecule has 8 heteroatoms. The predicted molar refractivity (Wildman–Crippen MR) is 123 cm³/mol. The Hall–Kier alpha value is -2.81. The molecule has 2 unspecified atom stereocenters. The van der Waals surface area contributed by atoms with Gasteiger partial charge in [-0.15, -0.1) is 0 Å². The third-order valence-corrected chi connectivity index (χ3v) is 6.71. The molecule has 0 spiro atoms. The van der Waals surface area contributed by atoms with E-state index in [-0.39, 0.29) is 29.2 Å². The van der Waals surface area contributed by atoms with Crippen molar-refractivity contribution in [3.63, 3.8) is 0 Å². The van der Waals surface area contributed by atoms with Gasteiger partial charge in [0.25, 0.3) is 5.91 Å². The molecule has 2 amide bonds. The molecule has 0 radical (unpaired) electrons. The molecule has 2 aliphatic rings. The van der Waals surface area contributed by atoms with E-state index in [1.807, 2.05) is 36.1 Å². The normalized spacial score (nSPS) is 19.2. The summed E-state index contributed by atoms with van der Waals surface area (Å²) in [7, 11) is 0. The van der Waals surface area contributed by atoms with E-state index in [9.17, 15) is 19.1 Å². The lowest BCUT2D eigenvalue weighted by Crippen LogP contribution is -2.52. The van der Waals surface area contributed by atoms with E-state index in [0.29, 0.717) is 31.7 Å². The molecule has 1 aliphatic carbocycles. The van der Waals surface area contributed by atoms with Crippen LogP contribution in [0.4, 0.5) is 4.39 Å². The lowest BCUT2D eigenvalue weighted by Gasteiger charge is -2.36. The number of aliphatic hydroxyl groups is 1. The summed E-state index contributed by atoms with van der Waals surface area (Å²) in [6.07, 6.45) is 1.05. The Bertz CT molecular complexity index is 1050. The van der Waals surface area contributed by atoms with Gasteiger partial charge in [0.2, 0.25) is 5.91 Å². The Balaban J connectivity index is 1.44. The second kappa shape index (κ2) is 9.21. The highest BCUT2D eigenvalue weighted by Crippen LogP contribution is 2.46. The van der Waals surface area contributed by atoms with E-state index >= 15 is 0 Å². The monoisotopic (exact) mass is 454 g/mol. The SMILES string of the molecule is CC1(C(=O)N2CCN(C(=O)c3ccc(-c4cccc(C(N)CC(N)O)c4)cc3F)CC2)CC1. The molecule has 0 bridgehead atoms. The Morgan fingerprint density at radius 3 is 2.27 bits per heavy atom. The third-order valence-electron chi connectivity index (χ3n) is 6.71. The topological polar surface area (TPSA) is 113 Å². The maximum Gasteiger partial charge on any atom is 0.256 e. The molecule has 4 rings (SSSR count). The molecule has 33 heavy (non-hydrogen) atoms. The van der Waals surface area contributed by atoms with Crippen LogP contribution >= 0.6 is 0 Å². The lowest BCUT2D eigenvalue weighted by atomic mass is 9.97. The zero-order chi connectivity index (χ0) is 23.8. The zero-order valence-corrected chi connectivity index (χ0v) is 18.8. The number of benzene rings is 2. The first-order chi connectivity index (χ1) is 15.7. The van der Waals surface area contributed by atoms with E-state index in [1.54, 1.807) is 11.0 Å². The molecule has 0 aromatic heterocycles. The Kier molecular flexibility index (Phi) is 6.52. The van der Waals surface area contributed by atoms with Crippen molar-refractivity contribution in [2.75, 3.05) is 26.2 Å². The van der Waals surface area contributed by atoms with Gasteiger partial charge in [-0.3, -0.25) is 9.59 Å². The first-order valence-corrected chi connectivity index (χ1v) is 11.4. The van der Waals surface area contributed by atoms with Gasteiger partial charge in [-0.1, -0.05) is 31.2 Å². The third kappa shape index (κ3) is 5.08. The van der Waals surface area contributed by atoms with Crippen LogP contribution in [-0.4, -0.2) is 59.1 Å². The molecule has 5 N–H and O–H groups in total. The van der Waals surface area contributed by atoms with Gasteiger partial charge in [-0.05, 0) is 47.7 Å². The number of amides is 2. The van der Waals surface area contributed by atoms with Crippen LogP contribution in [0.1, 0.15) is 48.1 Å². The average molecular weight is 455 g/mol. The summed E-state index contributed by atoms with van der Waals surface area (Å²) in [5, 5.41) is 9.37. The van der Waals surface area contributed by atoms with E-state index in [1.165, 1.54) is 12.1 Å². The van der Waals surface area contributed by atoms with Crippen molar-refractivity contribution in [2.45, 2.75) is 38.5 Å². The van der Waals surface area contributed by atoms with Crippen molar-refractivity contribution in [3.05, 3.63) is 59.4 Å². The second-order valence-electron chi connectivity index (χ2n) is 9.37. The summed E-state index contributed by atoms with van der Waals surface area (Å²) in [5.41, 5.74) is 13.5. The Morgan fingerprint density at radius 2 is 1.67 bits per heavy atom. The van der Waals surface area contributed by atoms with Crippen LogP contribution in [0.15, 0.2) is 42.5 Å². The summed E-state index contributed by atoms with van der Waals surface area (Å²) < 4.78 is 15.0. The van der Waals surface area contributed by atoms with Crippen molar-refractivity contribution in [1.82, 2.24) is 9.80 Å². The highest BCUT2D eigenvalue weighted by atomic mass is 19.1. The van der Waals surface area contributed by atoms with Gasteiger partial charge in [0.05, 0.1) is 5.56 Å². The number of halogens is 1. The highest BCUT2D eigenvalue weighted by molar-refractivity contribution is 5.95. The number of carbonyl (C=O) groups excluding carboxylic acids is 2. The number of hydrogen-bond donors (Lipinski definition) is 3. The summed E-state index contributed by atoms with van der Waals surface area (Å²) in [6.45, 7) is 3.73. The minimum absolute atomic E-state index is 0.0202. The van der Waals surface area contributed by atoms with Crippen LogP contribution < -0.4 is 11.5 Å². The van der Waals surface area contributed by atoms with Crippen LogP contribution in [0, 0.1) is 11.2 Å². The fraction of sp³-hybridized carbons (Fsp3) is 0.440. The summed E-state index contributed by atoms with van der Waals surface area (Å²) in [6, 6.07) is 11.4. The molecule has 2 aromatic carbocycles. The van der Waals surface area contributed by atoms with Crippen molar-refractivity contribution < 1.29 is 19.1 Å². The highest BCUT2D eigenvalue weighted by Gasteiger charge is 2.47. The molecular formula is C25H31FN4O3. The smallest absolute Gasteiger partial charge is 0.256 e. The fourth-order valence-electron chi connectivity index (χ4n) is 4.28. The number of piperazine rings is 1. The van der Waals surface area contributed by atoms with E-state index in [4.69, 9.17) is 11.5 Å². The molecule has 1 heterocycles. The molecule has 1 saturated heterocycles. The van der Waals surface area contributed by atoms with Crippen LogP contribution in [0.25, 0.3) is 11.1 Å². The molecule has 7 nitrogen and oxygen atoms in total. The van der Waals surface area contributed by atoms with Gasteiger partial charge < -0.3 is 26.4 Å². The minimum atomic E-state index is -1.01. The van der Waals surface area contributed by atoms with E-state index < -0.39 is 18.1 Å².